The molecule has 5 aliphatic rings. The molecule has 4 saturated heterocycles. The zero-order valence-electron chi connectivity index (χ0n) is 47.0. The summed E-state index contributed by atoms with van der Waals surface area (Å²) in [5.74, 6) is -1.44. The lowest BCUT2D eigenvalue weighted by Crippen LogP contribution is -2.58. The zero-order chi connectivity index (χ0) is 58.5. The highest BCUT2D eigenvalue weighted by molar-refractivity contribution is 6.03. The summed E-state index contributed by atoms with van der Waals surface area (Å²) in [5, 5.41) is 32.0. The largest absolute Gasteiger partial charge is 0.508 e. The smallest absolute Gasteiger partial charge is 0.319 e. The lowest BCUT2D eigenvalue weighted by atomic mass is 9.85. The Morgan fingerprint density at radius 2 is 1.63 bits per heavy atom. The number of piperazine rings is 1. The summed E-state index contributed by atoms with van der Waals surface area (Å²) in [5.41, 5.74) is -0.183. The number of terminal acetylenes is 1. The number of likely N-dealkylation sites (tertiary alicyclic amines) is 2. The number of nitrogens with one attached hydrogen (secondary N) is 3. The van der Waals surface area contributed by atoms with Crippen molar-refractivity contribution in [2.45, 2.75) is 121 Å². The maximum absolute atomic E-state index is 17.2. The summed E-state index contributed by atoms with van der Waals surface area (Å²) >= 11 is 0. The van der Waals surface area contributed by atoms with Gasteiger partial charge in [0, 0.05) is 86.8 Å². The molecule has 4 aliphatic heterocycles. The Labute approximate surface area is 479 Å². The fraction of sp³-hybridized carbons (Fsp3) is 0.460. The summed E-state index contributed by atoms with van der Waals surface area (Å²) in [6.07, 6.45) is 11.6. The fourth-order valence-electron chi connectivity index (χ4n) is 12.5. The van der Waals surface area contributed by atoms with Gasteiger partial charge >= 0.3 is 6.01 Å². The van der Waals surface area contributed by atoms with Gasteiger partial charge in [0.25, 0.3) is 0 Å². The maximum atomic E-state index is 17.2. The predicted octanol–water partition coefficient (Wildman–Crippen LogP) is 8.10. The topological polar surface area (TPSA) is 195 Å². The van der Waals surface area contributed by atoms with Crippen molar-refractivity contribution in [3.05, 3.63) is 107 Å². The van der Waals surface area contributed by atoms with Crippen LogP contribution in [0.25, 0.3) is 44.1 Å². The van der Waals surface area contributed by atoms with E-state index in [1.165, 1.54) is 53.6 Å². The normalized spacial score (nSPS) is 21.4. The molecule has 0 radical (unpaired) electrons. The first-order chi connectivity index (χ1) is 39.7. The first-order valence-electron chi connectivity index (χ1n) is 28.6. The number of amides is 3. The number of aromatic nitrogens is 3. The maximum Gasteiger partial charge on any atom is 0.319 e. The number of hydrogen-bond acceptors (Lipinski definition) is 13. The third-order valence-corrected chi connectivity index (χ3v) is 17.2. The van der Waals surface area contributed by atoms with Crippen molar-refractivity contribution in [3.63, 3.8) is 0 Å². The fourth-order valence-corrected chi connectivity index (χ4v) is 12.5. The van der Waals surface area contributed by atoms with Gasteiger partial charge in [0.15, 0.2) is 5.82 Å². The van der Waals surface area contributed by atoms with Crippen molar-refractivity contribution in [3.8, 4) is 46.5 Å². The van der Waals surface area contributed by atoms with E-state index in [-0.39, 0.29) is 101 Å². The van der Waals surface area contributed by atoms with Gasteiger partial charge in [-0.2, -0.15) is 9.97 Å². The number of fused-ring (bicyclic) bond motifs is 4. The number of aromatic hydroxyl groups is 1. The number of piperidine rings is 1. The Hall–Kier alpha value is -7.44. The van der Waals surface area contributed by atoms with Gasteiger partial charge in [-0.25, -0.2) is 17.6 Å². The average molecular weight is 1140 g/mol. The van der Waals surface area contributed by atoms with E-state index in [2.05, 4.69) is 41.6 Å². The molecule has 1 aliphatic carbocycles. The molecule has 6 atom stereocenters. The lowest BCUT2D eigenvalue weighted by molar-refractivity contribution is -0.144. The molecular weight excluding hydrogens is 1070 g/mol. The van der Waals surface area contributed by atoms with Crippen LogP contribution in [0.3, 0.4) is 0 Å². The molecule has 4 aromatic carbocycles. The lowest BCUT2D eigenvalue weighted by Gasteiger charge is -2.36. The van der Waals surface area contributed by atoms with Gasteiger partial charge in [-0.15, -0.1) is 6.42 Å². The minimum atomic E-state index is -1.02. The second kappa shape index (κ2) is 23.3. The first-order valence-corrected chi connectivity index (χ1v) is 28.6. The minimum absolute atomic E-state index is 0.00243. The van der Waals surface area contributed by atoms with Crippen molar-refractivity contribution in [2.24, 2.45) is 10.8 Å². The van der Waals surface area contributed by atoms with Crippen molar-refractivity contribution in [1.29, 1.82) is 0 Å². The van der Waals surface area contributed by atoms with Gasteiger partial charge < -0.3 is 50.3 Å². The number of hydrogen-bond donors (Lipinski definition) is 5. The summed E-state index contributed by atoms with van der Waals surface area (Å²) in [7, 11) is 0. The molecule has 6 heterocycles. The molecule has 5 fully saturated rings. The average Bonchev–Trinajstić information content (AvgIpc) is 3.98. The number of nitrogens with zero attached hydrogens (tertiary/aromatic N) is 6. The number of pyridine rings is 1. The van der Waals surface area contributed by atoms with Gasteiger partial charge in [-0.1, -0.05) is 63.1 Å². The van der Waals surface area contributed by atoms with Crippen LogP contribution in [0.2, 0.25) is 0 Å². The van der Waals surface area contributed by atoms with Crippen molar-refractivity contribution in [1.82, 2.24) is 40.7 Å². The van der Waals surface area contributed by atoms with Gasteiger partial charge in [0.2, 0.25) is 17.7 Å². The standard InChI is InChI=1S/C63H69F4N9O7/c1-6-44-47(64)17-14-38-26-41(77)27-45(52(38)44)55-54(67)56-46(29-68-55)58(75-30-39-15-16-40(31-75)70-39)73-61(72-56)83-34-63(21-22-63)33-74-23-18-43(19-24-74)82-25-20-51(79)71-57(62(3,4)5)60(81)76-32-42(78)28-50(76)59(80)69-35(2)36-10-12-37(13-11-36)53-48(65)8-7-9-49(53)66/h1,7-14,17,26-27,29,35,39-40,42-43,50,57,70,77-78H,15-16,18-25,28,30-34H2,2-5H3,(H,69,80)(H,71,79)/t35-,39?,40?,42?,50-,57?/m0/s1. The summed E-state index contributed by atoms with van der Waals surface area (Å²) in [4.78, 5) is 61.6. The quantitative estimate of drug-likeness (QED) is 0.0435. The Bertz CT molecular complexity index is 3480. The number of rotatable bonds is 17. The summed E-state index contributed by atoms with van der Waals surface area (Å²) < 4.78 is 73.8. The highest BCUT2D eigenvalue weighted by Crippen LogP contribution is 2.47. The van der Waals surface area contributed by atoms with Crippen LogP contribution in [0.1, 0.15) is 96.2 Å². The Kier molecular flexibility index (Phi) is 16.1. The van der Waals surface area contributed by atoms with Crippen molar-refractivity contribution in [2.75, 3.05) is 57.4 Å². The molecule has 436 valence electrons. The van der Waals surface area contributed by atoms with Crippen LogP contribution >= 0.6 is 0 Å². The van der Waals surface area contributed by atoms with E-state index in [1.807, 2.05) is 20.8 Å². The van der Waals surface area contributed by atoms with Crippen LogP contribution in [0, 0.1) is 46.4 Å². The van der Waals surface area contributed by atoms with Crippen LogP contribution in [0.5, 0.6) is 11.8 Å². The van der Waals surface area contributed by atoms with E-state index in [9.17, 15) is 33.4 Å². The van der Waals surface area contributed by atoms with E-state index < -0.39 is 64.7 Å². The number of carbonyl (C=O) groups excluding carboxylic acids is 3. The Balaban J connectivity index is 0.684. The van der Waals surface area contributed by atoms with Crippen LogP contribution in [0.15, 0.2) is 72.9 Å². The molecule has 0 spiro atoms. The molecular formula is C63H69F4N9O7. The summed E-state index contributed by atoms with van der Waals surface area (Å²) in [6, 6.07) is 13.6. The van der Waals surface area contributed by atoms with Crippen LogP contribution in [0.4, 0.5) is 23.4 Å². The molecule has 5 N–H and O–H groups in total. The van der Waals surface area contributed by atoms with Gasteiger partial charge in [0.05, 0.1) is 48.0 Å². The number of anilines is 1. The molecule has 1 saturated carbocycles. The molecule has 83 heavy (non-hydrogen) atoms. The highest BCUT2D eigenvalue weighted by atomic mass is 19.1. The van der Waals surface area contributed by atoms with E-state index >= 15 is 8.78 Å². The molecule has 16 nitrogen and oxygen atoms in total. The first kappa shape index (κ1) is 57.4. The molecule has 3 amide bonds. The monoisotopic (exact) mass is 1140 g/mol. The highest BCUT2D eigenvalue weighted by Gasteiger charge is 2.47. The molecule has 2 aromatic heterocycles. The Morgan fingerprint density at radius 3 is 2.30 bits per heavy atom. The second-order valence-electron chi connectivity index (χ2n) is 24.3. The number of ether oxygens (including phenoxy) is 2. The molecule has 20 heteroatoms. The predicted molar refractivity (Wildman–Crippen MR) is 305 cm³/mol. The Morgan fingerprint density at radius 1 is 0.916 bits per heavy atom. The number of carbonyl (C=O) groups is 3. The van der Waals surface area contributed by atoms with E-state index in [4.69, 9.17) is 20.9 Å². The number of phenols is 1. The van der Waals surface area contributed by atoms with E-state index in [1.54, 1.807) is 31.2 Å². The van der Waals surface area contributed by atoms with Crippen LogP contribution in [-0.2, 0) is 19.1 Å². The van der Waals surface area contributed by atoms with E-state index in [0.29, 0.717) is 47.4 Å². The van der Waals surface area contributed by atoms with Crippen LogP contribution < -0.4 is 25.6 Å². The van der Waals surface area contributed by atoms with Crippen LogP contribution in [-0.4, -0.2) is 142 Å². The number of phenolic OH excluding ortho intramolecular Hbond substituents is 1. The number of aliphatic hydroxyl groups excluding tert-OH is 1. The van der Waals surface area contributed by atoms with Crippen molar-refractivity contribution < 1.29 is 51.6 Å². The van der Waals surface area contributed by atoms with Gasteiger partial charge in [-0.3, -0.25) is 19.4 Å². The SMILES string of the molecule is C#Cc1c(F)ccc2cc(O)cc(-c3ncc4c(N5CC6CCC(C5)N6)nc(OCC5(CN6CCC(OCCC(=O)NC(C(=O)N7CC(O)C[C@H]7C(=O)N[C@@H](C)c7ccc(-c8c(F)cccc8F)cc7)C(C)(C)C)CC6)CC5)nc4c3F)c12. The molecule has 6 aromatic rings. The van der Waals surface area contributed by atoms with Gasteiger partial charge in [0.1, 0.15) is 52.3 Å². The van der Waals surface area contributed by atoms with Gasteiger partial charge in [-0.05, 0) is 97.7 Å². The zero-order valence-corrected chi connectivity index (χ0v) is 47.0. The third kappa shape index (κ3) is 12.2. The van der Waals surface area contributed by atoms with E-state index in [0.717, 1.165) is 58.2 Å². The summed E-state index contributed by atoms with van der Waals surface area (Å²) in [6.45, 7) is 11.2. The molecule has 11 rings (SSSR count). The molecule has 2 bridgehead atoms. The number of benzene rings is 4. The minimum Gasteiger partial charge on any atom is -0.508 e. The number of β-amino-alcohol motifs (C(OH)–C–C–N with tert-alkyl or cyclic N) is 1. The third-order valence-electron chi connectivity index (χ3n) is 17.2. The second-order valence-corrected chi connectivity index (χ2v) is 24.3. The number of aliphatic hydroxyl groups is 1. The number of halogens is 4. The van der Waals surface area contributed by atoms with Crippen molar-refractivity contribution >= 4 is 45.2 Å². The molecule has 4 unspecified atom stereocenters.